The molecular formula is C15H20FIN2OSi. The number of hydrogen-bond acceptors (Lipinski definition) is 2. The second-order valence-corrected chi connectivity index (χ2v) is 12.4. The first-order chi connectivity index (χ1) is 9.62. The first-order valence-electron chi connectivity index (χ1n) is 6.81. The Bertz CT molecular complexity index is 649. The molecule has 0 N–H and O–H groups in total. The van der Waals surface area contributed by atoms with Gasteiger partial charge < -0.3 is 4.43 Å². The van der Waals surface area contributed by atoms with Crippen molar-refractivity contribution >= 4 is 30.9 Å². The Labute approximate surface area is 139 Å². The fourth-order valence-electron chi connectivity index (χ4n) is 1.60. The van der Waals surface area contributed by atoms with Gasteiger partial charge in [0.05, 0.1) is 0 Å². The third-order valence-corrected chi connectivity index (χ3v) is 8.99. The van der Waals surface area contributed by atoms with Gasteiger partial charge in [0.2, 0.25) is 5.88 Å². The van der Waals surface area contributed by atoms with Crippen LogP contribution in [0.15, 0.2) is 30.3 Å². The molecule has 0 saturated carbocycles. The zero-order valence-corrected chi connectivity index (χ0v) is 16.1. The molecule has 0 amide bonds. The van der Waals surface area contributed by atoms with Gasteiger partial charge in [0.25, 0.3) is 8.32 Å². The van der Waals surface area contributed by atoms with Crippen molar-refractivity contribution in [3.8, 4) is 11.6 Å². The number of nitrogens with zero attached hydrogens (tertiary/aromatic N) is 2. The van der Waals surface area contributed by atoms with Crippen molar-refractivity contribution in [3.63, 3.8) is 0 Å². The summed E-state index contributed by atoms with van der Waals surface area (Å²) >= 11 is 2.14. The second kappa shape index (κ2) is 5.72. The molecule has 2 aromatic rings. The zero-order valence-electron chi connectivity index (χ0n) is 12.9. The maximum Gasteiger partial charge on any atom is 0.252 e. The summed E-state index contributed by atoms with van der Waals surface area (Å²) in [6.07, 6.45) is 0. The van der Waals surface area contributed by atoms with E-state index in [-0.39, 0.29) is 10.9 Å². The summed E-state index contributed by atoms with van der Waals surface area (Å²) in [5.74, 6) is 0.270. The third-order valence-electron chi connectivity index (χ3n) is 3.89. The van der Waals surface area contributed by atoms with Gasteiger partial charge in [0.15, 0.2) is 0 Å². The van der Waals surface area contributed by atoms with Crippen LogP contribution in [0.4, 0.5) is 4.39 Å². The minimum Gasteiger partial charge on any atom is -0.530 e. The zero-order chi connectivity index (χ0) is 15.8. The van der Waals surface area contributed by atoms with Crippen LogP contribution in [0.2, 0.25) is 18.1 Å². The molecular weight excluding hydrogens is 398 g/mol. The van der Waals surface area contributed by atoms with E-state index in [1.54, 1.807) is 22.9 Å². The van der Waals surface area contributed by atoms with Crippen LogP contribution in [0.3, 0.4) is 0 Å². The molecule has 1 aromatic carbocycles. The Kier molecular flexibility index (Phi) is 4.48. The van der Waals surface area contributed by atoms with E-state index in [1.807, 2.05) is 6.07 Å². The van der Waals surface area contributed by atoms with Gasteiger partial charge in [-0.15, -0.1) is 5.10 Å². The highest BCUT2D eigenvalue weighted by Crippen LogP contribution is 2.37. The topological polar surface area (TPSA) is 27.1 Å². The standard InChI is InChI=1S/C15H20FIN2OSi/c1-15(2,3)21(4,5)20-14-10-13(17)19(18-14)12-9-7-6-8-11(12)16/h6-10H,1-5H3. The molecule has 0 fully saturated rings. The number of halogens is 2. The van der Waals surface area contributed by atoms with Crippen LogP contribution in [0, 0.1) is 9.52 Å². The third kappa shape index (κ3) is 3.48. The van der Waals surface area contributed by atoms with Crippen LogP contribution in [0.5, 0.6) is 5.88 Å². The largest absolute Gasteiger partial charge is 0.530 e. The maximum absolute atomic E-state index is 13.9. The Morgan fingerprint density at radius 3 is 2.43 bits per heavy atom. The molecule has 0 aliphatic heterocycles. The molecule has 6 heteroatoms. The molecule has 114 valence electrons. The monoisotopic (exact) mass is 418 g/mol. The molecule has 0 aliphatic carbocycles. The molecule has 0 saturated heterocycles. The van der Waals surface area contributed by atoms with Gasteiger partial charge in [-0.05, 0) is 52.9 Å². The van der Waals surface area contributed by atoms with Crippen LogP contribution in [-0.4, -0.2) is 18.1 Å². The number of benzene rings is 1. The van der Waals surface area contributed by atoms with E-state index in [0.717, 1.165) is 3.70 Å². The summed E-state index contributed by atoms with van der Waals surface area (Å²) in [6, 6.07) is 8.46. The highest BCUT2D eigenvalue weighted by molar-refractivity contribution is 14.1. The molecule has 0 unspecified atom stereocenters. The van der Waals surface area contributed by atoms with E-state index in [2.05, 4.69) is 61.6 Å². The predicted molar refractivity (Wildman–Crippen MR) is 94.1 cm³/mol. The van der Waals surface area contributed by atoms with Gasteiger partial charge in [-0.25, -0.2) is 9.07 Å². The van der Waals surface area contributed by atoms with Gasteiger partial charge in [-0.3, -0.25) is 0 Å². The summed E-state index contributed by atoms with van der Waals surface area (Å²) < 4.78 is 22.5. The summed E-state index contributed by atoms with van der Waals surface area (Å²) in [4.78, 5) is 0. The summed E-state index contributed by atoms with van der Waals surface area (Å²) in [6.45, 7) is 10.9. The van der Waals surface area contributed by atoms with Crippen molar-refractivity contribution in [3.05, 3.63) is 39.8 Å². The summed E-state index contributed by atoms with van der Waals surface area (Å²) in [7, 11) is -1.94. The Hall–Kier alpha value is -0.893. The van der Waals surface area contributed by atoms with Crippen molar-refractivity contribution in [2.24, 2.45) is 0 Å². The molecule has 0 bridgehead atoms. The molecule has 1 heterocycles. The minimum atomic E-state index is -1.94. The number of para-hydroxylation sites is 1. The smallest absolute Gasteiger partial charge is 0.252 e. The van der Waals surface area contributed by atoms with E-state index in [0.29, 0.717) is 11.6 Å². The van der Waals surface area contributed by atoms with Crippen molar-refractivity contribution < 1.29 is 8.82 Å². The molecule has 0 atom stereocenters. The lowest BCUT2D eigenvalue weighted by Crippen LogP contribution is -2.44. The van der Waals surface area contributed by atoms with E-state index in [9.17, 15) is 4.39 Å². The van der Waals surface area contributed by atoms with Crippen molar-refractivity contribution in [2.45, 2.75) is 38.9 Å². The first-order valence-corrected chi connectivity index (χ1v) is 10.8. The van der Waals surface area contributed by atoms with Crippen molar-refractivity contribution in [1.29, 1.82) is 0 Å². The van der Waals surface area contributed by atoms with Gasteiger partial charge in [-0.1, -0.05) is 32.9 Å². The molecule has 0 spiro atoms. The molecule has 1 aromatic heterocycles. The van der Waals surface area contributed by atoms with Crippen LogP contribution in [0.1, 0.15) is 20.8 Å². The van der Waals surface area contributed by atoms with E-state index < -0.39 is 8.32 Å². The van der Waals surface area contributed by atoms with Gasteiger partial charge in [0, 0.05) is 6.07 Å². The van der Waals surface area contributed by atoms with E-state index in [1.165, 1.54) is 6.07 Å². The molecule has 3 nitrogen and oxygen atoms in total. The lowest BCUT2D eigenvalue weighted by Gasteiger charge is -2.35. The number of aromatic nitrogens is 2. The molecule has 21 heavy (non-hydrogen) atoms. The molecule has 0 aliphatic rings. The normalized spacial score (nSPS) is 12.5. The minimum absolute atomic E-state index is 0.0974. The van der Waals surface area contributed by atoms with Crippen LogP contribution in [-0.2, 0) is 0 Å². The van der Waals surface area contributed by atoms with Crippen molar-refractivity contribution in [1.82, 2.24) is 9.78 Å². The van der Waals surface area contributed by atoms with Crippen LogP contribution in [0.25, 0.3) is 5.69 Å². The number of rotatable bonds is 3. The average Bonchev–Trinajstić information content (AvgIpc) is 2.68. The molecule has 2 rings (SSSR count). The second-order valence-electron chi connectivity index (χ2n) is 6.53. The number of hydrogen-bond donors (Lipinski definition) is 0. The van der Waals surface area contributed by atoms with E-state index in [4.69, 9.17) is 4.43 Å². The highest BCUT2D eigenvalue weighted by atomic mass is 127. The average molecular weight is 418 g/mol. The SMILES string of the molecule is CC(C)(C)[Si](C)(C)Oc1cc(I)n(-c2ccccc2F)n1. The fraction of sp³-hybridized carbons (Fsp3) is 0.400. The Balaban J connectivity index is 2.35. The summed E-state index contributed by atoms with van der Waals surface area (Å²) in [5.41, 5.74) is 0.437. The van der Waals surface area contributed by atoms with Crippen molar-refractivity contribution in [2.75, 3.05) is 0 Å². The van der Waals surface area contributed by atoms with Gasteiger partial charge >= 0.3 is 0 Å². The highest BCUT2D eigenvalue weighted by Gasteiger charge is 2.39. The summed E-state index contributed by atoms with van der Waals surface area (Å²) in [5, 5.41) is 4.52. The Morgan fingerprint density at radius 2 is 1.86 bits per heavy atom. The maximum atomic E-state index is 13.9. The molecule has 0 radical (unpaired) electrons. The predicted octanol–water partition coefficient (Wildman–Crippen LogP) is 5.00. The van der Waals surface area contributed by atoms with Crippen LogP contribution < -0.4 is 4.43 Å². The fourth-order valence-corrected chi connectivity index (χ4v) is 3.16. The quantitative estimate of drug-likeness (QED) is 0.518. The lowest BCUT2D eigenvalue weighted by molar-refractivity contribution is 0.471. The first kappa shape index (κ1) is 16.5. The lowest BCUT2D eigenvalue weighted by atomic mass is 10.2. The van der Waals surface area contributed by atoms with Crippen LogP contribution >= 0.6 is 22.6 Å². The van der Waals surface area contributed by atoms with E-state index >= 15 is 0 Å². The van der Waals surface area contributed by atoms with Gasteiger partial charge in [-0.2, -0.15) is 0 Å². The Morgan fingerprint density at radius 1 is 1.24 bits per heavy atom. The van der Waals surface area contributed by atoms with Gasteiger partial charge in [0.1, 0.15) is 15.2 Å².